The van der Waals surface area contributed by atoms with Gasteiger partial charge in [-0.15, -0.1) is 29.8 Å². The van der Waals surface area contributed by atoms with Crippen molar-refractivity contribution in [3.05, 3.63) is 65.3 Å². The van der Waals surface area contributed by atoms with Gasteiger partial charge in [-0.05, 0) is 22.5 Å². The zero-order valence-electron chi connectivity index (χ0n) is 9.35. The van der Waals surface area contributed by atoms with Crippen molar-refractivity contribution in [2.45, 2.75) is 0 Å². The Balaban J connectivity index is 0.00000120. The van der Waals surface area contributed by atoms with E-state index < -0.39 is 0 Å². The van der Waals surface area contributed by atoms with E-state index in [0.29, 0.717) is 0 Å². The zero-order chi connectivity index (χ0) is 11.7. The van der Waals surface area contributed by atoms with E-state index in [4.69, 9.17) is 0 Å². The Morgan fingerprint density at radius 2 is 1.89 bits per heavy atom. The molecule has 0 N–H and O–H groups in total. The Bertz CT molecular complexity index is 677. The van der Waals surface area contributed by atoms with Crippen LogP contribution in [0.2, 0.25) is 0 Å². The number of halogens is 1. The third-order valence-electron chi connectivity index (χ3n) is 2.69. The van der Waals surface area contributed by atoms with Gasteiger partial charge in [0.1, 0.15) is 0 Å². The summed E-state index contributed by atoms with van der Waals surface area (Å²) in [6.45, 7) is 0. The van der Waals surface area contributed by atoms with Crippen LogP contribution in [0.1, 0.15) is 0 Å². The molecule has 0 spiro atoms. The summed E-state index contributed by atoms with van der Waals surface area (Å²) in [5.41, 5.74) is 1.99. The maximum atomic E-state index is 4.47. The molecule has 3 aromatic rings. The average Bonchev–Trinajstić information content (AvgIpc) is 2.38. The summed E-state index contributed by atoms with van der Waals surface area (Å²) in [5.74, 6) is 0. The van der Waals surface area contributed by atoms with Gasteiger partial charge >= 0.3 is 0 Å². The Hall–Kier alpha value is -1.02. The van der Waals surface area contributed by atoms with E-state index in [1.165, 1.54) is 5.39 Å². The topological polar surface area (TPSA) is 12.9 Å². The number of pyridine rings is 1. The standard InChI is InChI=1S/C15H9BrN.Ir/c16-13-6-3-5-12(10-13)15-14-7-2-1-4-11(14)8-9-17-15;/h1-4,6-10H;/q-1;. The molecular formula is C15H9BrIrN-. The molecule has 3 heteroatoms. The Morgan fingerprint density at radius 3 is 2.72 bits per heavy atom. The van der Waals surface area contributed by atoms with Crippen molar-refractivity contribution >= 4 is 26.7 Å². The number of hydrogen-bond donors (Lipinski definition) is 0. The first-order valence-electron chi connectivity index (χ1n) is 5.36. The van der Waals surface area contributed by atoms with Gasteiger partial charge in [-0.1, -0.05) is 44.7 Å². The minimum absolute atomic E-state index is 0. The molecule has 3 rings (SSSR count). The van der Waals surface area contributed by atoms with Gasteiger partial charge in [-0.2, -0.15) is 0 Å². The maximum absolute atomic E-state index is 4.47. The molecule has 1 nitrogen and oxygen atoms in total. The second kappa shape index (κ2) is 5.75. The summed E-state index contributed by atoms with van der Waals surface area (Å²) in [6.07, 6.45) is 1.84. The molecule has 0 unspecified atom stereocenters. The number of fused-ring (bicyclic) bond motifs is 1. The van der Waals surface area contributed by atoms with Crippen LogP contribution in [-0.4, -0.2) is 4.98 Å². The van der Waals surface area contributed by atoms with Gasteiger partial charge < -0.3 is 4.98 Å². The number of rotatable bonds is 1. The quantitative estimate of drug-likeness (QED) is 0.474. The van der Waals surface area contributed by atoms with Gasteiger partial charge in [0, 0.05) is 26.3 Å². The first kappa shape index (κ1) is 13.4. The van der Waals surface area contributed by atoms with Crippen LogP contribution in [-0.2, 0) is 20.1 Å². The van der Waals surface area contributed by atoms with Crippen LogP contribution in [0.15, 0.2) is 59.2 Å². The van der Waals surface area contributed by atoms with Crippen molar-refractivity contribution in [3.8, 4) is 11.3 Å². The summed E-state index contributed by atoms with van der Waals surface area (Å²) in [5, 5.41) is 2.36. The van der Waals surface area contributed by atoms with Crippen LogP contribution < -0.4 is 0 Å². The van der Waals surface area contributed by atoms with Crippen LogP contribution in [0.5, 0.6) is 0 Å². The van der Waals surface area contributed by atoms with E-state index in [1.54, 1.807) is 0 Å². The van der Waals surface area contributed by atoms with Gasteiger partial charge in [0.25, 0.3) is 0 Å². The Kier molecular flexibility index (Phi) is 4.28. The molecular weight excluding hydrogens is 466 g/mol. The number of benzene rings is 2. The summed E-state index contributed by atoms with van der Waals surface area (Å²) >= 11 is 3.48. The van der Waals surface area contributed by atoms with Crippen LogP contribution in [0.25, 0.3) is 22.0 Å². The van der Waals surface area contributed by atoms with E-state index >= 15 is 0 Å². The van der Waals surface area contributed by atoms with Gasteiger partial charge in [0.15, 0.2) is 0 Å². The molecule has 0 atom stereocenters. The van der Waals surface area contributed by atoms with E-state index in [1.807, 2.05) is 42.6 Å². The van der Waals surface area contributed by atoms with Crippen LogP contribution >= 0.6 is 15.9 Å². The number of nitrogens with zero attached hydrogens (tertiary/aromatic N) is 1. The normalized spacial score (nSPS) is 10.1. The summed E-state index contributed by atoms with van der Waals surface area (Å²) in [4.78, 5) is 4.47. The van der Waals surface area contributed by atoms with Crippen molar-refractivity contribution in [1.29, 1.82) is 0 Å². The Morgan fingerprint density at radius 1 is 1.06 bits per heavy atom. The predicted octanol–water partition coefficient (Wildman–Crippen LogP) is 4.46. The number of aromatic nitrogens is 1. The van der Waals surface area contributed by atoms with Gasteiger partial charge in [0.05, 0.1) is 0 Å². The largest absolute Gasteiger partial charge is 0.304 e. The van der Waals surface area contributed by atoms with Crippen LogP contribution in [0, 0.1) is 6.07 Å². The minimum Gasteiger partial charge on any atom is -0.304 e. The first-order valence-corrected chi connectivity index (χ1v) is 6.15. The molecule has 1 aromatic heterocycles. The van der Waals surface area contributed by atoms with Gasteiger partial charge in [-0.25, -0.2) is 0 Å². The fourth-order valence-corrected chi connectivity index (χ4v) is 2.27. The van der Waals surface area contributed by atoms with E-state index in [2.05, 4.69) is 39.1 Å². The van der Waals surface area contributed by atoms with E-state index in [-0.39, 0.29) is 20.1 Å². The summed E-state index contributed by atoms with van der Waals surface area (Å²) in [6, 6.07) is 19.4. The fraction of sp³-hybridized carbons (Fsp3) is 0. The molecule has 0 amide bonds. The minimum atomic E-state index is 0. The summed E-state index contributed by atoms with van der Waals surface area (Å²) in [7, 11) is 0. The average molecular weight is 475 g/mol. The predicted molar refractivity (Wildman–Crippen MR) is 73.7 cm³/mol. The van der Waals surface area contributed by atoms with Crippen molar-refractivity contribution in [3.63, 3.8) is 0 Å². The Labute approximate surface area is 128 Å². The van der Waals surface area contributed by atoms with Crippen molar-refractivity contribution in [2.75, 3.05) is 0 Å². The molecule has 0 aliphatic heterocycles. The fourth-order valence-electron chi connectivity index (χ4n) is 1.91. The van der Waals surface area contributed by atoms with E-state index in [0.717, 1.165) is 21.1 Å². The summed E-state index contributed by atoms with van der Waals surface area (Å²) < 4.78 is 1.04. The first-order chi connectivity index (χ1) is 8.34. The zero-order valence-corrected chi connectivity index (χ0v) is 13.3. The molecule has 1 heterocycles. The molecule has 18 heavy (non-hydrogen) atoms. The molecule has 0 fully saturated rings. The van der Waals surface area contributed by atoms with Gasteiger partial charge in [0.2, 0.25) is 0 Å². The molecule has 0 saturated heterocycles. The molecule has 0 aliphatic carbocycles. The van der Waals surface area contributed by atoms with Gasteiger partial charge in [-0.3, -0.25) is 0 Å². The third-order valence-corrected chi connectivity index (χ3v) is 3.19. The molecule has 0 saturated carbocycles. The maximum Gasteiger partial charge on any atom is 0.0167 e. The second-order valence-corrected chi connectivity index (χ2v) is 4.72. The third kappa shape index (κ3) is 2.54. The molecule has 1 radical (unpaired) electrons. The van der Waals surface area contributed by atoms with Crippen molar-refractivity contribution in [1.82, 2.24) is 4.98 Å². The molecule has 0 bridgehead atoms. The van der Waals surface area contributed by atoms with Crippen LogP contribution in [0.4, 0.5) is 0 Å². The van der Waals surface area contributed by atoms with Crippen molar-refractivity contribution in [2.24, 2.45) is 0 Å². The SMILES string of the molecule is Brc1cc[c-]c(-c2nccc3ccccc23)c1.[Ir]. The second-order valence-electron chi connectivity index (χ2n) is 3.80. The van der Waals surface area contributed by atoms with E-state index in [9.17, 15) is 0 Å². The monoisotopic (exact) mass is 475 g/mol. The molecule has 0 aliphatic rings. The molecule has 2 aromatic carbocycles. The smallest absolute Gasteiger partial charge is 0.0167 e. The molecule has 91 valence electrons. The van der Waals surface area contributed by atoms with Crippen LogP contribution in [0.3, 0.4) is 0 Å². The number of hydrogen-bond acceptors (Lipinski definition) is 1. The van der Waals surface area contributed by atoms with Crippen molar-refractivity contribution < 1.29 is 20.1 Å².